The predicted octanol–water partition coefficient (Wildman–Crippen LogP) is 20.0. The van der Waals surface area contributed by atoms with E-state index < -0.39 is 32.5 Å². The van der Waals surface area contributed by atoms with E-state index in [0.717, 1.165) is 96.3 Å². The van der Waals surface area contributed by atoms with Crippen LogP contribution in [0.3, 0.4) is 0 Å². The van der Waals surface area contributed by atoms with Gasteiger partial charge in [-0.15, -0.1) is 0 Å². The molecule has 0 aromatic carbocycles. The zero-order valence-corrected chi connectivity index (χ0v) is 50.0. The fraction of sp³-hybridized carbons (Fsp3) is 0.672. The van der Waals surface area contributed by atoms with Crippen molar-refractivity contribution < 1.29 is 37.6 Å². The summed E-state index contributed by atoms with van der Waals surface area (Å²) in [6, 6.07) is 0. The first kappa shape index (κ1) is 73.4. The molecule has 0 saturated carbocycles. The van der Waals surface area contributed by atoms with Crippen molar-refractivity contribution in [1.29, 1.82) is 0 Å². The van der Waals surface area contributed by atoms with E-state index in [2.05, 4.69) is 135 Å². The lowest BCUT2D eigenvalue weighted by Gasteiger charge is -2.19. The first-order valence-electron chi connectivity index (χ1n) is 31.0. The van der Waals surface area contributed by atoms with Crippen LogP contribution in [-0.2, 0) is 32.7 Å². The van der Waals surface area contributed by atoms with Crippen LogP contribution in [0.5, 0.6) is 0 Å². The topological polar surface area (TPSA) is 134 Å². The molecule has 0 bridgehead atoms. The Kier molecular flexibility index (Phi) is 58.7. The Morgan fingerprint density at radius 3 is 1.09 bits per heavy atom. The van der Waals surface area contributed by atoms with Gasteiger partial charge in [-0.25, -0.2) is 4.57 Å². The number of phosphoric acid groups is 1. The van der Waals surface area contributed by atoms with Crippen molar-refractivity contribution in [3.05, 3.63) is 122 Å². The van der Waals surface area contributed by atoms with Crippen molar-refractivity contribution in [2.24, 2.45) is 5.73 Å². The summed E-state index contributed by atoms with van der Waals surface area (Å²) in [6.07, 6.45) is 85.5. The number of esters is 2. The monoisotopic (exact) mass is 1090 g/mol. The number of nitrogens with two attached hydrogens (primary N) is 1. The van der Waals surface area contributed by atoms with Crippen LogP contribution in [0, 0.1) is 0 Å². The second-order valence-electron chi connectivity index (χ2n) is 20.2. The highest BCUT2D eigenvalue weighted by atomic mass is 31.2. The SMILES string of the molecule is CC/C=C\C/C=C\C/C=C\C/C=C\C/C=C\C/C=C\C/C=C\C/C=C\C/C=C\CCCCCC(=O)OC(COC(=O)CCCCCCCCCCCCCCC/C=C\CCCCCCCCCC)COP(=O)(O)OCCN. The fourth-order valence-corrected chi connectivity index (χ4v) is 9.04. The first-order valence-corrected chi connectivity index (χ1v) is 32.5. The van der Waals surface area contributed by atoms with Gasteiger partial charge < -0.3 is 20.1 Å². The van der Waals surface area contributed by atoms with E-state index in [1.54, 1.807) is 0 Å². The molecule has 10 heteroatoms. The molecule has 0 rings (SSSR count). The number of unbranched alkanes of at least 4 members (excludes halogenated alkanes) is 24. The molecule has 0 spiro atoms. The molecule has 2 atom stereocenters. The Bertz CT molecular complexity index is 1670. The van der Waals surface area contributed by atoms with Gasteiger partial charge in [0.1, 0.15) is 6.61 Å². The lowest BCUT2D eigenvalue weighted by atomic mass is 10.0. The molecule has 0 aliphatic rings. The van der Waals surface area contributed by atoms with Gasteiger partial charge in [0.2, 0.25) is 0 Å². The molecular formula is C67H114NO8P. The van der Waals surface area contributed by atoms with Gasteiger partial charge >= 0.3 is 19.8 Å². The molecule has 0 heterocycles. The van der Waals surface area contributed by atoms with Crippen LogP contribution in [0.1, 0.15) is 258 Å². The average Bonchev–Trinajstić information content (AvgIpc) is 3.42. The van der Waals surface area contributed by atoms with Crippen molar-refractivity contribution in [1.82, 2.24) is 0 Å². The molecule has 0 fully saturated rings. The van der Waals surface area contributed by atoms with Gasteiger partial charge in [0.05, 0.1) is 13.2 Å². The number of hydrogen-bond donors (Lipinski definition) is 2. The van der Waals surface area contributed by atoms with Crippen molar-refractivity contribution in [3.63, 3.8) is 0 Å². The van der Waals surface area contributed by atoms with E-state index in [-0.39, 0.29) is 32.6 Å². The molecule has 0 aromatic heterocycles. The fourth-order valence-electron chi connectivity index (χ4n) is 8.27. The van der Waals surface area contributed by atoms with Gasteiger partial charge in [-0.3, -0.25) is 18.6 Å². The maximum atomic E-state index is 12.7. The van der Waals surface area contributed by atoms with E-state index in [9.17, 15) is 19.0 Å². The Labute approximate surface area is 472 Å². The lowest BCUT2D eigenvalue weighted by Crippen LogP contribution is -2.29. The van der Waals surface area contributed by atoms with Crippen LogP contribution >= 0.6 is 7.82 Å². The quantitative estimate of drug-likeness (QED) is 0.0264. The summed E-state index contributed by atoms with van der Waals surface area (Å²) >= 11 is 0. The maximum absolute atomic E-state index is 12.7. The number of carbonyl (C=O) groups excluding carboxylic acids is 2. The third-order valence-electron chi connectivity index (χ3n) is 12.8. The van der Waals surface area contributed by atoms with E-state index in [1.165, 1.54) is 128 Å². The molecule has 2 unspecified atom stereocenters. The number of hydrogen-bond acceptors (Lipinski definition) is 8. The summed E-state index contributed by atoms with van der Waals surface area (Å²) in [5.74, 6) is -0.869. The van der Waals surface area contributed by atoms with Crippen LogP contribution in [-0.4, -0.2) is 49.3 Å². The zero-order valence-electron chi connectivity index (χ0n) is 49.2. The molecule has 77 heavy (non-hydrogen) atoms. The summed E-state index contributed by atoms with van der Waals surface area (Å²) < 4.78 is 33.0. The second kappa shape index (κ2) is 61.6. The van der Waals surface area contributed by atoms with Crippen molar-refractivity contribution >= 4 is 19.8 Å². The molecule has 0 aliphatic carbocycles. The number of phosphoric ester groups is 1. The molecule has 0 aliphatic heterocycles. The molecule has 440 valence electrons. The smallest absolute Gasteiger partial charge is 0.462 e. The summed E-state index contributed by atoms with van der Waals surface area (Å²) in [6.45, 7) is 3.60. The third-order valence-corrected chi connectivity index (χ3v) is 13.8. The first-order chi connectivity index (χ1) is 37.8. The van der Waals surface area contributed by atoms with Crippen LogP contribution in [0.25, 0.3) is 0 Å². The van der Waals surface area contributed by atoms with Crippen molar-refractivity contribution in [2.75, 3.05) is 26.4 Å². The molecular weight excluding hydrogens is 978 g/mol. The summed E-state index contributed by atoms with van der Waals surface area (Å²) in [4.78, 5) is 35.2. The largest absolute Gasteiger partial charge is 0.472 e. The van der Waals surface area contributed by atoms with Crippen molar-refractivity contribution in [3.8, 4) is 0 Å². The minimum atomic E-state index is -4.41. The minimum Gasteiger partial charge on any atom is -0.462 e. The number of allylic oxidation sites excluding steroid dienone is 20. The van der Waals surface area contributed by atoms with Gasteiger partial charge in [-0.05, 0) is 109 Å². The Balaban J connectivity index is 4.07. The molecule has 9 nitrogen and oxygen atoms in total. The standard InChI is InChI=1S/C67H114NO8P/c1-3-5-7-9-11-13-15-17-19-21-23-25-27-29-30-31-32-33-34-36-38-40-42-44-46-48-50-52-54-56-58-60-67(70)76-65(64-75-77(71,72)74-62-61-68)63-73-66(69)59-57-55-53-51-49-47-45-43-41-39-37-35-28-26-24-22-20-18-16-14-12-10-8-6-4-2/h5,7,11,13,17,19,22-25,29-30,32-33,36,38,42,44,48,50,65H,3-4,6,8-10,12,14-16,18,20-21,26-28,31,34-35,37,39-41,43,45-47,49,51-64,68H2,1-2H3,(H,71,72)/b7-5-,13-11-,19-17-,24-22-,25-23-,30-29-,33-32-,38-36-,44-42-,50-48-. The summed E-state index contributed by atoms with van der Waals surface area (Å²) in [5, 5.41) is 0. The Hall–Kier alpha value is -3.59. The van der Waals surface area contributed by atoms with Gasteiger partial charge in [-0.2, -0.15) is 0 Å². The van der Waals surface area contributed by atoms with E-state index in [0.29, 0.717) is 6.42 Å². The Morgan fingerprint density at radius 2 is 0.714 bits per heavy atom. The van der Waals surface area contributed by atoms with Gasteiger partial charge in [0.15, 0.2) is 6.10 Å². The van der Waals surface area contributed by atoms with Crippen LogP contribution < -0.4 is 5.73 Å². The van der Waals surface area contributed by atoms with Crippen LogP contribution in [0.2, 0.25) is 0 Å². The number of rotatable bonds is 57. The lowest BCUT2D eigenvalue weighted by molar-refractivity contribution is -0.161. The maximum Gasteiger partial charge on any atom is 0.472 e. The third kappa shape index (κ3) is 61.5. The minimum absolute atomic E-state index is 0.0418. The van der Waals surface area contributed by atoms with E-state index >= 15 is 0 Å². The Morgan fingerprint density at radius 1 is 0.403 bits per heavy atom. The van der Waals surface area contributed by atoms with Gasteiger partial charge in [0.25, 0.3) is 0 Å². The highest BCUT2D eigenvalue weighted by Gasteiger charge is 2.26. The second-order valence-corrected chi connectivity index (χ2v) is 21.6. The van der Waals surface area contributed by atoms with Crippen LogP contribution in [0.15, 0.2) is 122 Å². The number of carbonyl (C=O) groups is 2. The average molecular weight is 1090 g/mol. The summed E-state index contributed by atoms with van der Waals surface area (Å²) in [7, 11) is -4.41. The van der Waals surface area contributed by atoms with E-state index in [4.69, 9.17) is 24.3 Å². The molecule has 0 radical (unpaired) electrons. The highest BCUT2D eigenvalue weighted by Crippen LogP contribution is 2.43. The predicted molar refractivity (Wildman–Crippen MR) is 330 cm³/mol. The van der Waals surface area contributed by atoms with Crippen molar-refractivity contribution in [2.45, 2.75) is 264 Å². The summed E-state index contributed by atoms with van der Waals surface area (Å²) in [5.41, 5.74) is 5.39. The van der Waals surface area contributed by atoms with Crippen LogP contribution in [0.4, 0.5) is 0 Å². The van der Waals surface area contributed by atoms with E-state index in [1.807, 2.05) is 0 Å². The zero-order chi connectivity index (χ0) is 55.9. The molecule has 0 aromatic rings. The number of ether oxygens (including phenoxy) is 2. The van der Waals surface area contributed by atoms with Gasteiger partial charge in [-0.1, -0.05) is 257 Å². The highest BCUT2D eigenvalue weighted by molar-refractivity contribution is 7.47. The normalized spacial score (nSPS) is 13.9. The van der Waals surface area contributed by atoms with Gasteiger partial charge in [0, 0.05) is 19.4 Å². The molecule has 3 N–H and O–H groups in total. The molecule has 0 saturated heterocycles. The molecule has 0 amide bonds.